The second-order valence-corrected chi connectivity index (χ2v) is 7.75. The van der Waals surface area contributed by atoms with Crippen molar-refractivity contribution in [3.63, 3.8) is 0 Å². The highest BCUT2D eigenvalue weighted by molar-refractivity contribution is 6.30. The third-order valence-corrected chi connectivity index (χ3v) is 4.38. The van der Waals surface area contributed by atoms with Gasteiger partial charge in [0.1, 0.15) is 5.75 Å². The van der Waals surface area contributed by atoms with Crippen LogP contribution in [-0.2, 0) is 10.2 Å². The second kappa shape index (κ2) is 7.92. The molecular formula is C21H26ClNO2. The number of carbonyl (C=O) groups excluding carboxylic acids is 1. The Balaban J connectivity index is 1.95. The average molecular weight is 360 g/mol. The Morgan fingerprint density at radius 2 is 1.56 bits per heavy atom. The zero-order chi connectivity index (χ0) is 18.6. The topological polar surface area (TPSA) is 38.3 Å². The smallest absolute Gasteiger partial charge is 0.261 e. The third-order valence-electron chi connectivity index (χ3n) is 4.13. The standard InChI is InChI=1S/C21H26ClNO2/c1-14(16-6-8-17(9-7-16)21(3,4)5)23-20(24)15(2)25-19-12-10-18(22)11-13-19/h6-15H,1-5H3,(H,23,24)/t14-,15+/m1/s1. The highest BCUT2D eigenvalue weighted by Gasteiger charge is 2.19. The van der Waals surface area contributed by atoms with Crippen LogP contribution in [0.3, 0.4) is 0 Å². The van der Waals surface area contributed by atoms with Gasteiger partial charge in [-0.25, -0.2) is 0 Å². The van der Waals surface area contributed by atoms with Crippen LogP contribution in [-0.4, -0.2) is 12.0 Å². The first-order chi connectivity index (χ1) is 11.7. The zero-order valence-corrected chi connectivity index (χ0v) is 16.2. The van der Waals surface area contributed by atoms with Crippen LogP contribution in [0.1, 0.15) is 51.8 Å². The van der Waals surface area contributed by atoms with Gasteiger partial charge < -0.3 is 10.1 Å². The van der Waals surface area contributed by atoms with Gasteiger partial charge in [0.15, 0.2) is 6.10 Å². The van der Waals surface area contributed by atoms with Crippen molar-refractivity contribution >= 4 is 17.5 Å². The summed E-state index contributed by atoms with van der Waals surface area (Å²) in [5.74, 6) is 0.469. The van der Waals surface area contributed by atoms with E-state index in [4.69, 9.17) is 16.3 Å². The van der Waals surface area contributed by atoms with E-state index in [0.717, 1.165) is 5.56 Å². The Hall–Kier alpha value is -2.00. The Kier molecular flexibility index (Phi) is 6.12. The molecule has 1 N–H and O–H groups in total. The van der Waals surface area contributed by atoms with E-state index in [0.29, 0.717) is 10.8 Å². The Labute approximate surface area is 155 Å². The van der Waals surface area contributed by atoms with E-state index >= 15 is 0 Å². The summed E-state index contributed by atoms with van der Waals surface area (Å²) in [6, 6.07) is 15.3. The maximum atomic E-state index is 12.4. The van der Waals surface area contributed by atoms with E-state index in [1.54, 1.807) is 31.2 Å². The van der Waals surface area contributed by atoms with Crippen molar-refractivity contribution in [3.8, 4) is 5.75 Å². The van der Waals surface area contributed by atoms with E-state index in [1.165, 1.54) is 5.56 Å². The van der Waals surface area contributed by atoms with Gasteiger partial charge in [-0.2, -0.15) is 0 Å². The number of hydrogen-bond donors (Lipinski definition) is 1. The van der Waals surface area contributed by atoms with Crippen molar-refractivity contribution in [3.05, 3.63) is 64.7 Å². The molecule has 0 aliphatic carbocycles. The molecule has 0 aliphatic rings. The Morgan fingerprint density at radius 3 is 2.08 bits per heavy atom. The lowest BCUT2D eigenvalue weighted by molar-refractivity contribution is -0.127. The molecule has 0 saturated carbocycles. The number of benzene rings is 2. The monoisotopic (exact) mass is 359 g/mol. The number of rotatable bonds is 5. The average Bonchev–Trinajstić information content (AvgIpc) is 2.56. The van der Waals surface area contributed by atoms with Gasteiger partial charge in [-0.3, -0.25) is 4.79 Å². The van der Waals surface area contributed by atoms with Crippen molar-refractivity contribution in [1.82, 2.24) is 5.32 Å². The molecule has 3 nitrogen and oxygen atoms in total. The molecular weight excluding hydrogens is 334 g/mol. The van der Waals surface area contributed by atoms with E-state index < -0.39 is 6.10 Å². The van der Waals surface area contributed by atoms with E-state index in [9.17, 15) is 4.79 Å². The summed E-state index contributed by atoms with van der Waals surface area (Å²) in [7, 11) is 0. The number of hydrogen-bond acceptors (Lipinski definition) is 2. The van der Waals surface area contributed by atoms with Crippen LogP contribution in [0.2, 0.25) is 5.02 Å². The molecule has 0 heterocycles. The molecule has 0 unspecified atom stereocenters. The molecule has 0 bridgehead atoms. The van der Waals surface area contributed by atoms with Crippen LogP contribution in [0.4, 0.5) is 0 Å². The maximum absolute atomic E-state index is 12.4. The fourth-order valence-electron chi connectivity index (χ4n) is 2.46. The number of ether oxygens (including phenoxy) is 1. The highest BCUT2D eigenvalue weighted by Crippen LogP contribution is 2.24. The van der Waals surface area contributed by atoms with Crippen LogP contribution in [0, 0.1) is 0 Å². The maximum Gasteiger partial charge on any atom is 0.261 e. The molecule has 2 atom stereocenters. The lowest BCUT2D eigenvalue weighted by Crippen LogP contribution is -2.37. The minimum Gasteiger partial charge on any atom is -0.481 e. The fourth-order valence-corrected chi connectivity index (χ4v) is 2.58. The van der Waals surface area contributed by atoms with Crippen LogP contribution in [0.15, 0.2) is 48.5 Å². The summed E-state index contributed by atoms with van der Waals surface area (Å²) in [5.41, 5.74) is 2.46. The highest BCUT2D eigenvalue weighted by atomic mass is 35.5. The summed E-state index contributed by atoms with van der Waals surface area (Å²) in [5, 5.41) is 3.63. The van der Waals surface area contributed by atoms with Crippen molar-refractivity contribution in [1.29, 1.82) is 0 Å². The number of carbonyl (C=O) groups is 1. The summed E-state index contributed by atoms with van der Waals surface area (Å²) < 4.78 is 5.66. The molecule has 4 heteroatoms. The van der Waals surface area contributed by atoms with Crippen LogP contribution in [0.25, 0.3) is 0 Å². The van der Waals surface area contributed by atoms with Gasteiger partial charge in [-0.1, -0.05) is 56.6 Å². The Morgan fingerprint density at radius 1 is 1.00 bits per heavy atom. The zero-order valence-electron chi connectivity index (χ0n) is 15.5. The molecule has 1 amide bonds. The lowest BCUT2D eigenvalue weighted by atomic mass is 9.86. The van der Waals surface area contributed by atoms with E-state index in [2.05, 4.69) is 50.4 Å². The molecule has 134 valence electrons. The van der Waals surface area contributed by atoms with Crippen molar-refractivity contribution < 1.29 is 9.53 Å². The molecule has 0 fully saturated rings. The quantitative estimate of drug-likeness (QED) is 0.788. The molecule has 0 aromatic heterocycles. The van der Waals surface area contributed by atoms with Crippen LogP contribution < -0.4 is 10.1 Å². The summed E-state index contributed by atoms with van der Waals surface area (Å²) in [6.07, 6.45) is -0.586. The van der Waals surface area contributed by atoms with E-state index in [-0.39, 0.29) is 17.4 Å². The summed E-state index contributed by atoms with van der Waals surface area (Å²) >= 11 is 5.85. The van der Waals surface area contributed by atoms with Gasteiger partial charge in [-0.15, -0.1) is 0 Å². The molecule has 0 saturated heterocycles. The molecule has 2 aromatic carbocycles. The van der Waals surface area contributed by atoms with Gasteiger partial charge in [0, 0.05) is 5.02 Å². The Bertz CT molecular complexity index is 702. The number of nitrogens with one attached hydrogen (secondary N) is 1. The van der Waals surface area contributed by atoms with Gasteiger partial charge in [0.05, 0.1) is 6.04 Å². The van der Waals surface area contributed by atoms with Gasteiger partial charge in [0.2, 0.25) is 0 Å². The first-order valence-electron chi connectivity index (χ1n) is 8.50. The molecule has 0 spiro atoms. The first-order valence-corrected chi connectivity index (χ1v) is 8.87. The first kappa shape index (κ1) is 19.3. The minimum absolute atomic E-state index is 0.0854. The molecule has 25 heavy (non-hydrogen) atoms. The van der Waals surface area contributed by atoms with Gasteiger partial charge in [-0.05, 0) is 54.7 Å². The molecule has 0 radical (unpaired) electrons. The van der Waals surface area contributed by atoms with Crippen molar-refractivity contribution in [2.24, 2.45) is 0 Å². The SMILES string of the molecule is C[C@H](Oc1ccc(Cl)cc1)C(=O)N[C@H](C)c1ccc(C(C)(C)C)cc1. The van der Waals surface area contributed by atoms with Gasteiger partial charge >= 0.3 is 0 Å². The fraction of sp³-hybridized carbons (Fsp3) is 0.381. The predicted molar refractivity (Wildman–Crippen MR) is 103 cm³/mol. The third kappa shape index (κ3) is 5.50. The summed E-state index contributed by atoms with van der Waals surface area (Å²) in [6.45, 7) is 10.3. The van der Waals surface area contributed by atoms with Gasteiger partial charge in [0.25, 0.3) is 5.91 Å². The predicted octanol–water partition coefficient (Wildman–Crippen LogP) is 5.28. The van der Waals surface area contributed by atoms with Crippen LogP contribution >= 0.6 is 11.6 Å². The second-order valence-electron chi connectivity index (χ2n) is 7.32. The summed E-state index contributed by atoms with van der Waals surface area (Å²) in [4.78, 5) is 12.4. The van der Waals surface area contributed by atoms with Crippen LogP contribution in [0.5, 0.6) is 5.75 Å². The molecule has 2 aromatic rings. The van der Waals surface area contributed by atoms with Crippen molar-refractivity contribution in [2.75, 3.05) is 0 Å². The van der Waals surface area contributed by atoms with Crippen molar-refractivity contribution in [2.45, 2.75) is 52.2 Å². The number of halogens is 1. The minimum atomic E-state index is -0.586. The number of amides is 1. The van der Waals surface area contributed by atoms with E-state index in [1.807, 2.05) is 6.92 Å². The molecule has 0 aliphatic heterocycles. The lowest BCUT2D eigenvalue weighted by Gasteiger charge is -2.22. The molecule has 2 rings (SSSR count). The largest absolute Gasteiger partial charge is 0.481 e. The normalized spacial score (nSPS) is 13.8.